The lowest BCUT2D eigenvalue weighted by Crippen LogP contribution is -2.37. The van der Waals surface area contributed by atoms with Gasteiger partial charge in [0.05, 0.1) is 5.52 Å². The van der Waals surface area contributed by atoms with Crippen LogP contribution in [0.25, 0.3) is 91.8 Å². The summed E-state index contributed by atoms with van der Waals surface area (Å²) < 4.78 is 5.33. The maximum absolute atomic E-state index is 4.04. The lowest BCUT2D eigenvalue weighted by atomic mass is 9.58. The second-order valence-electron chi connectivity index (χ2n) is 22.6. The highest BCUT2D eigenvalue weighted by Gasteiger charge is 2.39. The quantitative estimate of drug-likeness (QED) is 0.174. The molecular weight excluding hydrogens is 852 g/mol. The second kappa shape index (κ2) is 14.1. The van der Waals surface area contributed by atoms with Gasteiger partial charge in [-0.25, -0.2) is 0 Å². The molecule has 3 aliphatic rings. The molecule has 3 heterocycles. The molecule has 2 aromatic heterocycles. The minimum atomic E-state index is -0.130. The second-order valence-corrected chi connectivity index (χ2v) is 23.7. The Balaban J connectivity index is 1.13. The van der Waals surface area contributed by atoms with Gasteiger partial charge in [-0.2, -0.15) is 0 Å². The van der Waals surface area contributed by atoms with Crippen molar-refractivity contribution in [3.63, 3.8) is 0 Å². The molecule has 1 aliphatic heterocycles. The summed E-state index contributed by atoms with van der Waals surface area (Å²) in [5.41, 5.74) is 25.1. The van der Waals surface area contributed by atoms with E-state index in [1.165, 1.54) is 149 Å². The van der Waals surface area contributed by atoms with Gasteiger partial charge in [0.25, 0.3) is 0 Å². The summed E-state index contributed by atoms with van der Waals surface area (Å²) in [5, 5.41) is 11.9. The first-order valence-electron chi connectivity index (χ1n) is 25.0. The SMILES string of the molecule is Cc1ccc(Nc2cc3sc4cc5c(cc4c3cc2-c2cc(-c3ccc4c(c3)C(C)(C)c3ccccc3-4)c3c4cc6ccccc6cc4n4c3c2Bc2cc(C)ccc2-4)C(C)(C)CCC5(C)C)cc1. The van der Waals surface area contributed by atoms with Crippen LogP contribution >= 0.6 is 11.3 Å². The van der Waals surface area contributed by atoms with Crippen LogP contribution in [-0.2, 0) is 16.2 Å². The molecule has 1 N–H and O–H groups in total. The van der Waals surface area contributed by atoms with Crippen LogP contribution in [0.2, 0.25) is 0 Å². The third-order valence-electron chi connectivity index (χ3n) is 16.9. The fraction of sp³-hybridized carbons (Fsp3) is 0.200. The van der Waals surface area contributed by atoms with Crippen molar-refractivity contribution in [2.24, 2.45) is 0 Å². The van der Waals surface area contributed by atoms with Crippen molar-refractivity contribution < 1.29 is 0 Å². The Bertz CT molecular complexity index is 4060. The summed E-state index contributed by atoms with van der Waals surface area (Å²) in [6, 6.07) is 59.0. The molecule has 0 spiro atoms. The number of benzene rings is 9. The molecule has 0 amide bonds. The molecule has 4 heteroatoms. The maximum Gasteiger partial charge on any atom is 0.198 e. The number of hydrogen-bond acceptors (Lipinski definition) is 2. The number of rotatable bonds is 4. The molecule has 0 fully saturated rings. The maximum atomic E-state index is 4.04. The molecule has 0 saturated carbocycles. The van der Waals surface area contributed by atoms with Gasteiger partial charge in [-0.15, -0.1) is 11.3 Å². The monoisotopic (exact) mass is 906 g/mol. The molecule has 0 bridgehead atoms. The van der Waals surface area contributed by atoms with Crippen LogP contribution in [0.1, 0.15) is 87.8 Å². The first kappa shape index (κ1) is 41.1. The highest BCUT2D eigenvalue weighted by molar-refractivity contribution is 7.25. The van der Waals surface area contributed by atoms with Gasteiger partial charge in [-0.05, 0) is 171 Å². The molecule has 0 saturated heterocycles. The Hall–Kier alpha value is -6.88. The van der Waals surface area contributed by atoms with E-state index in [9.17, 15) is 0 Å². The number of nitrogens with zero attached hydrogens (tertiary/aromatic N) is 1. The third kappa shape index (κ3) is 5.91. The van der Waals surface area contributed by atoms with Gasteiger partial charge >= 0.3 is 0 Å². The van der Waals surface area contributed by atoms with Crippen LogP contribution in [0.15, 0.2) is 152 Å². The minimum Gasteiger partial charge on any atom is -0.355 e. The number of thiophene rings is 1. The highest BCUT2D eigenvalue weighted by atomic mass is 32.1. The fourth-order valence-corrected chi connectivity index (χ4v) is 14.1. The zero-order valence-corrected chi connectivity index (χ0v) is 41.7. The summed E-state index contributed by atoms with van der Waals surface area (Å²) in [6.07, 6.45) is 2.40. The summed E-state index contributed by atoms with van der Waals surface area (Å²) in [5.74, 6) is 0. The van der Waals surface area contributed by atoms with Crippen LogP contribution in [0.4, 0.5) is 11.4 Å². The number of anilines is 2. The topological polar surface area (TPSA) is 17.0 Å². The van der Waals surface area contributed by atoms with Crippen molar-refractivity contribution >= 4 is 93.7 Å². The Morgan fingerprint density at radius 2 is 1.20 bits per heavy atom. The third-order valence-corrected chi connectivity index (χ3v) is 18.1. The van der Waals surface area contributed by atoms with Gasteiger partial charge in [0.15, 0.2) is 7.28 Å². The molecule has 2 nitrogen and oxygen atoms in total. The van der Waals surface area contributed by atoms with Crippen LogP contribution in [0.3, 0.4) is 0 Å². The van der Waals surface area contributed by atoms with Crippen LogP contribution in [-0.4, -0.2) is 11.8 Å². The Morgan fingerprint density at radius 1 is 0.522 bits per heavy atom. The van der Waals surface area contributed by atoms with Crippen LogP contribution < -0.4 is 16.2 Å². The van der Waals surface area contributed by atoms with Gasteiger partial charge in [-0.1, -0.05) is 143 Å². The minimum absolute atomic E-state index is 0.114. The summed E-state index contributed by atoms with van der Waals surface area (Å²) in [7, 11) is 0.842. The van der Waals surface area contributed by atoms with Gasteiger partial charge in [0.2, 0.25) is 0 Å². The van der Waals surface area contributed by atoms with Gasteiger partial charge in [-0.3, -0.25) is 0 Å². The lowest BCUT2D eigenvalue weighted by molar-refractivity contribution is 0.332. The van der Waals surface area contributed by atoms with E-state index in [4.69, 9.17) is 0 Å². The molecule has 0 atom stereocenters. The number of hydrogen-bond donors (Lipinski definition) is 1. The van der Waals surface area contributed by atoms with E-state index in [1.807, 2.05) is 11.3 Å². The molecule has 0 unspecified atom stereocenters. The standard InChI is InChI=1S/C65H55BN2S/c1-36-17-21-41(22-18-36)67-55-35-59-46(47-33-52-53(34-58(47)69-59)64(5,6)26-25-63(52,3)4)32-45(55)48-31-44(40-20-23-43-42-15-11-12-16-50(42)65(7,8)51(43)29-40)60-49-28-38-13-9-10-14-39(38)30-57(49)68-56-24-19-37(2)27-54(56)66-61(48)62(60)68/h9-24,27-35,66-67H,25-26H2,1-8H3. The average molecular weight is 907 g/mol. The predicted molar refractivity (Wildman–Crippen MR) is 301 cm³/mol. The number of nitrogens with one attached hydrogen (secondary N) is 1. The number of aromatic nitrogens is 1. The highest BCUT2D eigenvalue weighted by Crippen LogP contribution is 2.53. The summed E-state index contributed by atoms with van der Waals surface area (Å²) >= 11 is 1.95. The van der Waals surface area contributed by atoms with Crippen LogP contribution in [0, 0.1) is 13.8 Å². The predicted octanol–water partition coefficient (Wildman–Crippen LogP) is 16.4. The van der Waals surface area contributed by atoms with Crippen molar-refractivity contribution in [2.45, 2.75) is 84.5 Å². The van der Waals surface area contributed by atoms with Crippen LogP contribution in [0.5, 0.6) is 0 Å². The van der Waals surface area contributed by atoms with Crippen molar-refractivity contribution in [1.29, 1.82) is 0 Å². The van der Waals surface area contributed by atoms with E-state index < -0.39 is 0 Å². The Morgan fingerprint density at radius 3 is 2.00 bits per heavy atom. The largest absolute Gasteiger partial charge is 0.355 e. The van der Waals surface area contributed by atoms with E-state index in [0.717, 1.165) is 18.7 Å². The van der Waals surface area contributed by atoms with Crippen molar-refractivity contribution in [3.05, 3.63) is 185 Å². The molecule has 9 aromatic carbocycles. The Labute approximate surface area is 409 Å². The average Bonchev–Trinajstić information content (AvgIpc) is 3.94. The molecule has 14 rings (SSSR count). The normalized spacial score (nSPS) is 15.9. The zero-order chi connectivity index (χ0) is 46.9. The zero-order valence-electron chi connectivity index (χ0n) is 40.9. The Kier molecular flexibility index (Phi) is 8.41. The first-order valence-corrected chi connectivity index (χ1v) is 25.8. The van der Waals surface area contributed by atoms with Gasteiger partial charge in [0, 0.05) is 64.5 Å². The first-order chi connectivity index (χ1) is 33.2. The van der Waals surface area contributed by atoms with Crippen molar-refractivity contribution in [3.8, 4) is 39.1 Å². The van der Waals surface area contributed by atoms with E-state index in [1.54, 1.807) is 0 Å². The summed E-state index contributed by atoms with van der Waals surface area (Å²) in [6.45, 7) is 19.0. The lowest BCUT2D eigenvalue weighted by Gasteiger charge is -2.41. The molecule has 334 valence electrons. The molecule has 0 radical (unpaired) electrons. The van der Waals surface area contributed by atoms with Crippen molar-refractivity contribution in [2.75, 3.05) is 5.32 Å². The van der Waals surface area contributed by atoms with E-state index in [-0.39, 0.29) is 16.2 Å². The summed E-state index contributed by atoms with van der Waals surface area (Å²) in [4.78, 5) is 0. The number of aryl methyl sites for hydroxylation is 2. The molecule has 69 heavy (non-hydrogen) atoms. The van der Waals surface area contributed by atoms with E-state index in [2.05, 4.69) is 217 Å². The molecule has 11 aromatic rings. The smallest absolute Gasteiger partial charge is 0.198 e. The molecule has 2 aliphatic carbocycles. The van der Waals surface area contributed by atoms with Crippen molar-refractivity contribution in [1.82, 2.24) is 4.57 Å². The number of fused-ring (bicyclic) bond motifs is 13. The van der Waals surface area contributed by atoms with Gasteiger partial charge < -0.3 is 9.88 Å². The van der Waals surface area contributed by atoms with E-state index in [0.29, 0.717) is 0 Å². The molecular formula is C65H55BN2S. The van der Waals surface area contributed by atoms with Gasteiger partial charge in [0.1, 0.15) is 0 Å². The van der Waals surface area contributed by atoms with E-state index >= 15 is 0 Å². The fourth-order valence-electron chi connectivity index (χ4n) is 13.0.